The summed E-state index contributed by atoms with van der Waals surface area (Å²) in [6.07, 6.45) is 2.44. The van der Waals surface area contributed by atoms with Gasteiger partial charge in [0, 0.05) is 13.2 Å². The third-order valence-corrected chi connectivity index (χ3v) is 3.98. The molecule has 1 fully saturated rings. The van der Waals surface area contributed by atoms with Gasteiger partial charge in [-0.3, -0.25) is 0 Å². The second-order valence-electron chi connectivity index (χ2n) is 5.64. The fourth-order valence-corrected chi connectivity index (χ4v) is 2.64. The molecule has 4 heteroatoms. The predicted molar refractivity (Wildman–Crippen MR) is 91.2 cm³/mol. The van der Waals surface area contributed by atoms with Crippen molar-refractivity contribution >= 4 is 5.69 Å². The Hall–Kier alpha value is -2.20. The first-order valence-electron chi connectivity index (χ1n) is 8.05. The Morgan fingerprint density at radius 1 is 1.13 bits per heavy atom. The first kappa shape index (κ1) is 15.7. The molecule has 1 aliphatic rings. The summed E-state index contributed by atoms with van der Waals surface area (Å²) in [5.74, 6) is 1.74. The van der Waals surface area contributed by atoms with Crippen molar-refractivity contribution in [2.24, 2.45) is 0 Å². The molecule has 122 valence electrons. The van der Waals surface area contributed by atoms with E-state index in [0.29, 0.717) is 6.61 Å². The quantitative estimate of drug-likeness (QED) is 0.842. The van der Waals surface area contributed by atoms with Crippen LogP contribution in [-0.2, 0) is 11.3 Å². The van der Waals surface area contributed by atoms with Crippen LogP contribution in [0, 0.1) is 0 Å². The van der Waals surface area contributed by atoms with Gasteiger partial charge in [-0.15, -0.1) is 0 Å². The van der Waals surface area contributed by atoms with Gasteiger partial charge in [-0.1, -0.05) is 24.3 Å². The van der Waals surface area contributed by atoms with Crippen molar-refractivity contribution in [3.05, 3.63) is 54.1 Å². The maximum absolute atomic E-state index is 5.94. The molecule has 1 aliphatic heterocycles. The van der Waals surface area contributed by atoms with Crippen molar-refractivity contribution in [2.45, 2.75) is 25.5 Å². The Labute approximate surface area is 137 Å². The Bertz CT molecular complexity index is 606. The fraction of sp³-hybridized carbons (Fsp3) is 0.368. The molecular weight excluding hydrogens is 290 g/mol. The second kappa shape index (κ2) is 7.88. The molecule has 3 rings (SSSR count). The smallest absolute Gasteiger partial charge is 0.142 e. The summed E-state index contributed by atoms with van der Waals surface area (Å²) in [6, 6.07) is 16.1. The highest BCUT2D eigenvalue weighted by atomic mass is 16.5. The van der Waals surface area contributed by atoms with E-state index in [4.69, 9.17) is 14.2 Å². The first-order chi connectivity index (χ1) is 11.3. The molecular formula is C19H23NO3. The molecule has 0 amide bonds. The molecule has 1 saturated heterocycles. The number of benzene rings is 2. The van der Waals surface area contributed by atoms with E-state index in [1.54, 1.807) is 7.11 Å². The Kier molecular flexibility index (Phi) is 5.37. The molecule has 0 spiro atoms. The van der Waals surface area contributed by atoms with E-state index in [-0.39, 0.29) is 6.10 Å². The standard InChI is InChI=1S/C19H23NO3/c1-21-16-10-8-15(9-11-16)13-20-18-6-2-3-7-19(18)23-14-17-5-4-12-22-17/h2-3,6-11,17,20H,4-5,12-14H2,1H3. The van der Waals surface area contributed by atoms with Gasteiger partial charge in [0.2, 0.25) is 0 Å². The predicted octanol–water partition coefficient (Wildman–Crippen LogP) is 3.87. The lowest BCUT2D eigenvalue weighted by molar-refractivity contribution is 0.0682. The Morgan fingerprint density at radius 3 is 2.70 bits per heavy atom. The lowest BCUT2D eigenvalue weighted by Crippen LogP contribution is -2.16. The summed E-state index contributed by atoms with van der Waals surface area (Å²) in [4.78, 5) is 0. The van der Waals surface area contributed by atoms with E-state index in [1.165, 1.54) is 5.56 Å². The van der Waals surface area contributed by atoms with E-state index >= 15 is 0 Å². The van der Waals surface area contributed by atoms with E-state index < -0.39 is 0 Å². The highest BCUT2D eigenvalue weighted by molar-refractivity contribution is 5.56. The minimum atomic E-state index is 0.227. The molecule has 1 heterocycles. The molecule has 0 aliphatic carbocycles. The van der Waals surface area contributed by atoms with Gasteiger partial charge in [0.25, 0.3) is 0 Å². The van der Waals surface area contributed by atoms with Crippen LogP contribution in [0.3, 0.4) is 0 Å². The van der Waals surface area contributed by atoms with Crippen LogP contribution in [0.15, 0.2) is 48.5 Å². The van der Waals surface area contributed by atoms with E-state index in [1.807, 2.05) is 36.4 Å². The minimum absolute atomic E-state index is 0.227. The van der Waals surface area contributed by atoms with Gasteiger partial charge in [-0.2, -0.15) is 0 Å². The average molecular weight is 313 g/mol. The van der Waals surface area contributed by atoms with Crippen LogP contribution in [0.4, 0.5) is 5.69 Å². The molecule has 1 N–H and O–H groups in total. The summed E-state index contributed by atoms with van der Waals surface area (Å²) in [7, 11) is 1.68. The van der Waals surface area contributed by atoms with Crippen molar-refractivity contribution in [1.29, 1.82) is 0 Å². The third-order valence-electron chi connectivity index (χ3n) is 3.98. The van der Waals surface area contributed by atoms with Crippen molar-refractivity contribution in [3.8, 4) is 11.5 Å². The summed E-state index contributed by atoms with van der Waals surface area (Å²) in [6.45, 7) is 2.21. The molecule has 0 saturated carbocycles. The molecule has 0 aromatic heterocycles. The number of methoxy groups -OCH3 is 1. The molecule has 1 unspecified atom stereocenters. The summed E-state index contributed by atoms with van der Waals surface area (Å²) >= 11 is 0. The molecule has 0 radical (unpaired) electrons. The second-order valence-corrected chi connectivity index (χ2v) is 5.64. The van der Waals surface area contributed by atoms with E-state index in [2.05, 4.69) is 17.4 Å². The van der Waals surface area contributed by atoms with Gasteiger partial charge in [0.1, 0.15) is 18.1 Å². The van der Waals surface area contributed by atoms with Crippen LogP contribution in [0.1, 0.15) is 18.4 Å². The molecule has 23 heavy (non-hydrogen) atoms. The number of para-hydroxylation sites is 2. The largest absolute Gasteiger partial charge is 0.497 e. The van der Waals surface area contributed by atoms with Crippen molar-refractivity contribution in [2.75, 3.05) is 25.6 Å². The van der Waals surface area contributed by atoms with Gasteiger partial charge >= 0.3 is 0 Å². The van der Waals surface area contributed by atoms with Crippen LogP contribution in [0.25, 0.3) is 0 Å². The van der Waals surface area contributed by atoms with Gasteiger partial charge in [-0.25, -0.2) is 0 Å². The SMILES string of the molecule is COc1ccc(CNc2ccccc2OCC2CCCO2)cc1. The number of anilines is 1. The summed E-state index contributed by atoms with van der Waals surface area (Å²) in [5, 5.41) is 3.44. The molecule has 0 bridgehead atoms. The minimum Gasteiger partial charge on any atom is -0.497 e. The normalized spacial score (nSPS) is 17.0. The maximum Gasteiger partial charge on any atom is 0.142 e. The van der Waals surface area contributed by atoms with E-state index in [9.17, 15) is 0 Å². The number of hydrogen-bond donors (Lipinski definition) is 1. The maximum atomic E-state index is 5.94. The van der Waals surface area contributed by atoms with Gasteiger partial charge < -0.3 is 19.5 Å². The van der Waals surface area contributed by atoms with Crippen molar-refractivity contribution < 1.29 is 14.2 Å². The zero-order chi connectivity index (χ0) is 15.9. The third kappa shape index (κ3) is 4.39. The van der Waals surface area contributed by atoms with Crippen LogP contribution in [0.5, 0.6) is 11.5 Å². The first-order valence-corrected chi connectivity index (χ1v) is 8.05. The number of ether oxygens (including phenoxy) is 3. The zero-order valence-electron chi connectivity index (χ0n) is 13.5. The topological polar surface area (TPSA) is 39.7 Å². The van der Waals surface area contributed by atoms with Crippen molar-refractivity contribution in [3.63, 3.8) is 0 Å². The average Bonchev–Trinajstić information content (AvgIpc) is 3.13. The van der Waals surface area contributed by atoms with Crippen molar-refractivity contribution in [1.82, 2.24) is 0 Å². The lowest BCUT2D eigenvalue weighted by Gasteiger charge is -2.15. The monoisotopic (exact) mass is 313 g/mol. The zero-order valence-corrected chi connectivity index (χ0v) is 13.5. The fourth-order valence-electron chi connectivity index (χ4n) is 2.64. The highest BCUT2D eigenvalue weighted by Crippen LogP contribution is 2.25. The number of nitrogens with one attached hydrogen (secondary N) is 1. The van der Waals surface area contributed by atoms with E-state index in [0.717, 1.165) is 43.2 Å². The highest BCUT2D eigenvalue weighted by Gasteiger charge is 2.16. The Balaban J connectivity index is 1.58. The lowest BCUT2D eigenvalue weighted by atomic mass is 10.2. The summed E-state index contributed by atoms with van der Waals surface area (Å²) in [5.41, 5.74) is 2.20. The Morgan fingerprint density at radius 2 is 1.96 bits per heavy atom. The molecule has 4 nitrogen and oxygen atoms in total. The van der Waals surface area contributed by atoms with Crippen LogP contribution in [0.2, 0.25) is 0 Å². The van der Waals surface area contributed by atoms with Crippen LogP contribution in [-0.4, -0.2) is 26.4 Å². The van der Waals surface area contributed by atoms with Crippen LogP contribution >= 0.6 is 0 Å². The summed E-state index contributed by atoms with van der Waals surface area (Å²) < 4.78 is 16.7. The molecule has 2 aromatic carbocycles. The van der Waals surface area contributed by atoms with Gasteiger partial charge in [-0.05, 0) is 42.7 Å². The van der Waals surface area contributed by atoms with Gasteiger partial charge in [0.15, 0.2) is 0 Å². The number of rotatable bonds is 7. The van der Waals surface area contributed by atoms with Gasteiger partial charge in [0.05, 0.1) is 18.9 Å². The number of hydrogen-bond acceptors (Lipinski definition) is 4. The molecule has 2 aromatic rings. The van der Waals surface area contributed by atoms with Crippen LogP contribution < -0.4 is 14.8 Å². The molecule has 1 atom stereocenters.